The molecule has 1 fully saturated rings. The Kier molecular flexibility index (Phi) is 5.73. The number of likely N-dealkylation sites (tertiary alicyclic amines) is 1. The summed E-state index contributed by atoms with van der Waals surface area (Å²) >= 11 is 1.73. The lowest BCUT2D eigenvalue weighted by atomic mass is 9.92. The minimum absolute atomic E-state index is 0.0610. The van der Waals surface area contributed by atoms with Gasteiger partial charge in [0.15, 0.2) is 0 Å². The Morgan fingerprint density at radius 2 is 1.96 bits per heavy atom. The third-order valence-corrected chi connectivity index (χ3v) is 6.80. The molecule has 2 aliphatic heterocycles. The van der Waals surface area contributed by atoms with E-state index in [1.54, 1.807) is 11.3 Å². The van der Waals surface area contributed by atoms with Crippen LogP contribution < -0.4 is 5.32 Å². The van der Waals surface area contributed by atoms with Gasteiger partial charge in [-0.2, -0.15) is 0 Å². The van der Waals surface area contributed by atoms with Crippen LogP contribution in [0.4, 0.5) is 0 Å². The van der Waals surface area contributed by atoms with Crippen LogP contribution in [0, 0.1) is 5.92 Å². The van der Waals surface area contributed by atoms with Crippen molar-refractivity contribution in [3.63, 3.8) is 0 Å². The molecule has 2 N–H and O–H groups in total. The molecule has 4 rings (SSSR count). The van der Waals surface area contributed by atoms with Gasteiger partial charge in [-0.05, 0) is 37.3 Å². The number of carbonyl (C=O) groups excluding carboxylic acids is 1. The largest absolute Gasteiger partial charge is 0.481 e. The van der Waals surface area contributed by atoms with Gasteiger partial charge < -0.3 is 15.3 Å². The summed E-state index contributed by atoms with van der Waals surface area (Å²) in [5.41, 5.74) is 2.96. The topological polar surface area (TPSA) is 82.5 Å². The lowest BCUT2D eigenvalue weighted by Crippen LogP contribution is -2.38. The summed E-state index contributed by atoms with van der Waals surface area (Å²) in [7, 11) is 0. The SMILES string of the molecule is O=C(O)CCC1CCN(C(=O)c2ccc(-c3nc4c(s3)CNCC4)cc2)CC1. The molecule has 1 aromatic heterocycles. The van der Waals surface area contributed by atoms with Gasteiger partial charge in [0.25, 0.3) is 5.91 Å². The number of hydrogen-bond acceptors (Lipinski definition) is 5. The zero-order valence-electron chi connectivity index (χ0n) is 15.8. The minimum atomic E-state index is -0.740. The first kappa shape index (κ1) is 19.1. The molecular weight excluding hydrogens is 374 g/mol. The molecule has 0 saturated carbocycles. The van der Waals surface area contributed by atoms with E-state index >= 15 is 0 Å². The molecule has 28 heavy (non-hydrogen) atoms. The Balaban J connectivity index is 1.37. The van der Waals surface area contributed by atoms with Crippen molar-refractivity contribution in [3.05, 3.63) is 40.4 Å². The average Bonchev–Trinajstić information content (AvgIpc) is 3.16. The Morgan fingerprint density at radius 1 is 1.21 bits per heavy atom. The Morgan fingerprint density at radius 3 is 2.64 bits per heavy atom. The summed E-state index contributed by atoms with van der Waals surface area (Å²) in [6.45, 7) is 3.29. The zero-order valence-corrected chi connectivity index (χ0v) is 16.6. The Labute approximate surface area is 168 Å². The maximum atomic E-state index is 12.8. The fraction of sp³-hybridized carbons (Fsp3) is 0.476. The number of rotatable bonds is 5. The average molecular weight is 400 g/mol. The van der Waals surface area contributed by atoms with E-state index in [-0.39, 0.29) is 12.3 Å². The molecule has 1 saturated heterocycles. The van der Waals surface area contributed by atoms with Crippen molar-refractivity contribution in [2.24, 2.45) is 5.92 Å². The number of aromatic nitrogens is 1. The normalized spacial score (nSPS) is 17.4. The van der Waals surface area contributed by atoms with Crippen molar-refractivity contribution in [1.82, 2.24) is 15.2 Å². The Bertz CT molecular complexity index is 831. The third kappa shape index (κ3) is 4.25. The molecule has 148 valence electrons. The van der Waals surface area contributed by atoms with E-state index < -0.39 is 5.97 Å². The number of carboxylic acids is 1. The number of nitrogens with one attached hydrogen (secondary N) is 1. The monoisotopic (exact) mass is 399 g/mol. The number of carboxylic acid groups (broad SMARTS) is 1. The number of benzene rings is 1. The second-order valence-electron chi connectivity index (χ2n) is 7.56. The number of amides is 1. The van der Waals surface area contributed by atoms with Crippen LogP contribution in [0.5, 0.6) is 0 Å². The molecule has 0 spiro atoms. The van der Waals surface area contributed by atoms with Gasteiger partial charge in [-0.1, -0.05) is 12.1 Å². The molecular formula is C21H25N3O3S. The molecule has 0 atom stereocenters. The molecule has 1 amide bonds. The number of carbonyl (C=O) groups is 2. The van der Waals surface area contributed by atoms with Crippen LogP contribution in [0.1, 0.15) is 46.6 Å². The van der Waals surface area contributed by atoms with E-state index in [2.05, 4.69) is 5.32 Å². The summed E-state index contributed by atoms with van der Waals surface area (Å²) in [6, 6.07) is 7.77. The van der Waals surface area contributed by atoms with E-state index in [0.717, 1.165) is 42.9 Å². The molecule has 6 nitrogen and oxygen atoms in total. The van der Waals surface area contributed by atoms with Gasteiger partial charge in [-0.15, -0.1) is 11.3 Å². The first-order chi connectivity index (χ1) is 13.6. The second-order valence-corrected chi connectivity index (χ2v) is 8.64. The van der Waals surface area contributed by atoms with E-state index in [9.17, 15) is 9.59 Å². The lowest BCUT2D eigenvalue weighted by molar-refractivity contribution is -0.137. The van der Waals surface area contributed by atoms with E-state index in [1.807, 2.05) is 29.2 Å². The fourth-order valence-electron chi connectivity index (χ4n) is 3.94. The highest BCUT2D eigenvalue weighted by Crippen LogP contribution is 2.30. The van der Waals surface area contributed by atoms with Gasteiger partial charge in [0.1, 0.15) is 5.01 Å². The van der Waals surface area contributed by atoms with Crippen molar-refractivity contribution >= 4 is 23.2 Å². The van der Waals surface area contributed by atoms with Crippen LogP contribution >= 0.6 is 11.3 Å². The second kappa shape index (κ2) is 8.41. The van der Waals surface area contributed by atoms with Crippen LogP contribution in [0.2, 0.25) is 0 Å². The van der Waals surface area contributed by atoms with Crippen molar-refractivity contribution in [3.8, 4) is 10.6 Å². The van der Waals surface area contributed by atoms with Crippen molar-refractivity contribution in [2.75, 3.05) is 19.6 Å². The molecule has 0 bridgehead atoms. The smallest absolute Gasteiger partial charge is 0.303 e. The van der Waals surface area contributed by atoms with E-state index in [0.29, 0.717) is 31.0 Å². The van der Waals surface area contributed by atoms with Crippen LogP contribution in [-0.2, 0) is 17.8 Å². The Hall–Kier alpha value is -2.25. The highest BCUT2D eigenvalue weighted by atomic mass is 32.1. The maximum Gasteiger partial charge on any atom is 0.303 e. The van der Waals surface area contributed by atoms with Crippen molar-refractivity contribution < 1.29 is 14.7 Å². The summed E-state index contributed by atoms with van der Waals surface area (Å²) < 4.78 is 0. The number of thiazole rings is 1. The van der Waals surface area contributed by atoms with Gasteiger partial charge in [-0.3, -0.25) is 9.59 Å². The summed E-state index contributed by atoms with van der Waals surface area (Å²) in [6.07, 6.45) is 3.67. The van der Waals surface area contributed by atoms with Crippen molar-refractivity contribution in [2.45, 2.75) is 38.6 Å². The first-order valence-corrected chi connectivity index (χ1v) is 10.7. The first-order valence-electron chi connectivity index (χ1n) is 9.91. The van der Waals surface area contributed by atoms with Crippen LogP contribution in [-0.4, -0.2) is 46.5 Å². The van der Waals surface area contributed by atoms with Crippen LogP contribution in [0.25, 0.3) is 10.6 Å². The van der Waals surface area contributed by atoms with Gasteiger partial charge in [0.05, 0.1) is 5.69 Å². The number of piperidine rings is 1. The number of aliphatic carboxylic acids is 1. The zero-order chi connectivity index (χ0) is 19.5. The van der Waals surface area contributed by atoms with Crippen molar-refractivity contribution in [1.29, 1.82) is 0 Å². The molecule has 1 aromatic carbocycles. The van der Waals surface area contributed by atoms with E-state index in [1.165, 1.54) is 10.6 Å². The molecule has 7 heteroatoms. The van der Waals surface area contributed by atoms with Crippen LogP contribution in [0.3, 0.4) is 0 Å². The summed E-state index contributed by atoms with van der Waals surface area (Å²) in [4.78, 5) is 31.5. The maximum absolute atomic E-state index is 12.8. The molecule has 0 unspecified atom stereocenters. The number of fused-ring (bicyclic) bond motifs is 1. The molecule has 0 radical (unpaired) electrons. The predicted octanol–water partition coefficient (Wildman–Crippen LogP) is 3.17. The quantitative estimate of drug-likeness (QED) is 0.807. The number of hydrogen-bond donors (Lipinski definition) is 2. The molecule has 3 heterocycles. The van der Waals surface area contributed by atoms with Crippen LogP contribution in [0.15, 0.2) is 24.3 Å². The molecule has 0 aliphatic carbocycles. The van der Waals surface area contributed by atoms with E-state index in [4.69, 9.17) is 10.1 Å². The third-order valence-electron chi connectivity index (χ3n) is 5.65. The predicted molar refractivity (Wildman–Crippen MR) is 108 cm³/mol. The lowest BCUT2D eigenvalue weighted by Gasteiger charge is -2.32. The van der Waals surface area contributed by atoms with Gasteiger partial charge in [0, 0.05) is 55.0 Å². The molecule has 2 aliphatic rings. The minimum Gasteiger partial charge on any atom is -0.481 e. The summed E-state index contributed by atoms with van der Waals surface area (Å²) in [5, 5.41) is 13.2. The fourth-order valence-corrected chi connectivity index (χ4v) is 5.02. The van der Waals surface area contributed by atoms with Gasteiger partial charge in [0.2, 0.25) is 0 Å². The number of nitrogens with zero attached hydrogens (tertiary/aromatic N) is 2. The standard InChI is InChI=1S/C21H25N3O3S/c25-19(26)6-1-14-8-11-24(12-9-14)21(27)16-4-2-15(3-5-16)20-23-17-7-10-22-13-18(17)28-20/h2-5,14,22H,1,6-13H2,(H,25,26). The summed E-state index contributed by atoms with van der Waals surface area (Å²) in [5.74, 6) is -0.269. The van der Waals surface area contributed by atoms with Gasteiger partial charge >= 0.3 is 5.97 Å². The highest BCUT2D eigenvalue weighted by molar-refractivity contribution is 7.15. The highest BCUT2D eigenvalue weighted by Gasteiger charge is 2.24. The van der Waals surface area contributed by atoms with Gasteiger partial charge in [-0.25, -0.2) is 4.98 Å². The molecule has 2 aromatic rings.